The molecule has 19 heavy (non-hydrogen) atoms. The Morgan fingerprint density at radius 3 is 2.37 bits per heavy atom. The molecule has 0 bridgehead atoms. The van der Waals surface area contributed by atoms with Crippen molar-refractivity contribution in [2.75, 3.05) is 0 Å². The molecule has 0 fully saturated rings. The molecule has 1 atom stereocenters. The fourth-order valence-electron chi connectivity index (χ4n) is 1.79. The summed E-state index contributed by atoms with van der Waals surface area (Å²) in [4.78, 5) is 12.8. The van der Waals surface area contributed by atoms with E-state index in [9.17, 15) is 22.4 Å². The zero-order valence-electron chi connectivity index (χ0n) is 9.31. The summed E-state index contributed by atoms with van der Waals surface area (Å²) < 4.78 is 53.1. The molecule has 2 rings (SSSR count). The van der Waals surface area contributed by atoms with Crippen molar-refractivity contribution in [1.82, 2.24) is 4.98 Å². The van der Waals surface area contributed by atoms with E-state index in [0.29, 0.717) is 0 Å². The summed E-state index contributed by atoms with van der Waals surface area (Å²) in [5, 5.41) is 8.10. The average molecular weight is 276 g/mol. The van der Waals surface area contributed by atoms with Crippen molar-refractivity contribution in [2.24, 2.45) is 5.73 Å². The van der Waals surface area contributed by atoms with Gasteiger partial charge in [-0.3, -0.25) is 4.79 Å². The number of carbonyl (C=O) groups is 1. The van der Waals surface area contributed by atoms with E-state index in [0.717, 1.165) is 6.20 Å². The molecule has 0 unspecified atom stereocenters. The van der Waals surface area contributed by atoms with Crippen LogP contribution < -0.4 is 5.73 Å². The van der Waals surface area contributed by atoms with Crippen LogP contribution in [-0.4, -0.2) is 22.1 Å². The highest BCUT2D eigenvalue weighted by Crippen LogP contribution is 2.29. The van der Waals surface area contributed by atoms with Crippen molar-refractivity contribution in [3.63, 3.8) is 0 Å². The molecule has 0 aliphatic rings. The second kappa shape index (κ2) is 4.54. The van der Waals surface area contributed by atoms with Gasteiger partial charge >= 0.3 is 5.97 Å². The smallest absolute Gasteiger partial charge is 0.320 e. The molecule has 0 saturated heterocycles. The molecular formula is C11H8F4N2O2. The number of nitrogens with two attached hydrogens (primary N) is 1. The molecule has 8 heteroatoms. The number of fused-ring (bicyclic) bond motifs is 1. The SMILES string of the molecule is N[C@@H](Cc1c[nH]c2c(F)c(F)c(F)c(F)c12)C(=O)O. The summed E-state index contributed by atoms with van der Waals surface area (Å²) in [6.07, 6.45) is 0.718. The third-order valence-corrected chi connectivity index (χ3v) is 2.74. The van der Waals surface area contributed by atoms with E-state index in [2.05, 4.69) is 4.98 Å². The molecule has 1 heterocycles. The van der Waals surface area contributed by atoms with Gasteiger partial charge in [-0.25, -0.2) is 17.6 Å². The average Bonchev–Trinajstić information content (AvgIpc) is 2.77. The molecule has 1 aromatic carbocycles. The minimum Gasteiger partial charge on any atom is -0.480 e. The van der Waals surface area contributed by atoms with Crippen LogP contribution in [0.4, 0.5) is 17.6 Å². The standard InChI is InChI=1S/C11H8F4N2O2/c12-6-5-3(1-4(16)11(18)19)2-17-10(5)9(15)8(14)7(6)13/h2,4,17H,1,16H2,(H,18,19)/t4-/m0/s1. The largest absolute Gasteiger partial charge is 0.480 e. The van der Waals surface area contributed by atoms with Gasteiger partial charge in [0.25, 0.3) is 0 Å². The maximum Gasteiger partial charge on any atom is 0.320 e. The minimum atomic E-state index is -1.95. The summed E-state index contributed by atoms with van der Waals surface area (Å²) in [7, 11) is 0. The lowest BCUT2D eigenvalue weighted by Crippen LogP contribution is -2.32. The van der Waals surface area contributed by atoms with Crippen molar-refractivity contribution in [3.05, 3.63) is 35.0 Å². The molecular weight excluding hydrogens is 268 g/mol. The van der Waals surface area contributed by atoms with E-state index >= 15 is 0 Å². The van der Waals surface area contributed by atoms with Gasteiger partial charge in [0.05, 0.1) is 5.52 Å². The zero-order valence-corrected chi connectivity index (χ0v) is 9.31. The Hall–Kier alpha value is -2.09. The highest BCUT2D eigenvalue weighted by molar-refractivity contribution is 5.85. The summed E-state index contributed by atoms with van der Waals surface area (Å²) >= 11 is 0. The third kappa shape index (κ3) is 2.03. The normalized spacial score (nSPS) is 12.9. The Kier molecular flexibility index (Phi) is 3.19. The van der Waals surface area contributed by atoms with E-state index in [4.69, 9.17) is 10.8 Å². The number of carboxylic acids is 1. The number of carboxylic acid groups (broad SMARTS) is 1. The second-order valence-corrected chi connectivity index (χ2v) is 3.97. The third-order valence-electron chi connectivity index (χ3n) is 2.74. The van der Waals surface area contributed by atoms with Gasteiger partial charge in [0.15, 0.2) is 23.3 Å². The Morgan fingerprint density at radius 1 is 1.21 bits per heavy atom. The summed E-state index contributed by atoms with van der Waals surface area (Å²) in [6, 6.07) is -1.37. The first kappa shape index (κ1) is 13.3. The monoisotopic (exact) mass is 276 g/mol. The quantitative estimate of drug-likeness (QED) is 0.453. The highest BCUT2D eigenvalue weighted by Gasteiger charge is 2.25. The number of nitrogens with one attached hydrogen (secondary N) is 1. The number of hydrogen-bond donors (Lipinski definition) is 3. The van der Waals surface area contributed by atoms with Gasteiger partial charge in [0, 0.05) is 18.0 Å². The topological polar surface area (TPSA) is 79.1 Å². The Bertz CT molecular complexity index is 668. The molecule has 0 spiro atoms. The van der Waals surface area contributed by atoms with Crippen LogP contribution in [0.25, 0.3) is 10.9 Å². The molecule has 1 aromatic heterocycles. The van der Waals surface area contributed by atoms with Crippen LogP contribution in [0, 0.1) is 23.3 Å². The molecule has 2 aromatic rings. The van der Waals surface area contributed by atoms with Gasteiger partial charge in [0.1, 0.15) is 6.04 Å². The first-order valence-electron chi connectivity index (χ1n) is 5.14. The van der Waals surface area contributed by atoms with Crippen LogP contribution in [0.15, 0.2) is 6.20 Å². The van der Waals surface area contributed by atoms with Crippen molar-refractivity contribution in [3.8, 4) is 0 Å². The molecule has 4 N–H and O–H groups in total. The van der Waals surface area contributed by atoms with Crippen molar-refractivity contribution in [1.29, 1.82) is 0 Å². The molecule has 0 amide bonds. The maximum absolute atomic E-state index is 13.6. The van der Waals surface area contributed by atoms with E-state index in [1.807, 2.05) is 0 Å². The zero-order chi connectivity index (χ0) is 14.3. The summed E-state index contributed by atoms with van der Waals surface area (Å²) in [5.74, 6) is -8.37. The predicted octanol–water partition coefficient (Wildman–Crippen LogP) is 1.68. The summed E-state index contributed by atoms with van der Waals surface area (Å²) in [5.41, 5.74) is 4.65. The summed E-state index contributed by atoms with van der Waals surface area (Å²) in [6.45, 7) is 0. The number of halogens is 4. The molecule has 102 valence electrons. The van der Waals surface area contributed by atoms with Crippen LogP contribution in [0.3, 0.4) is 0 Å². The lowest BCUT2D eigenvalue weighted by Gasteiger charge is -2.06. The molecule has 0 radical (unpaired) electrons. The Balaban J connectivity index is 2.63. The lowest BCUT2D eigenvalue weighted by molar-refractivity contribution is -0.138. The van der Waals surface area contributed by atoms with Gasteiger partial charge < -0.3 is 15.8 Å². The Labute approximate surface area is 103 Å². The van der Waals surface area contributed by atoms with Crippen LogP contribution in [0.1, 0.15) is 5.56 Å². The number of rotatable bonds is 3. The molecule has 4 nitrogen and oxygen atoms in total. The van der Waals surface area contributed by atoms with E-state index in [1.165, 1.54) is 0 Å². The van der Waals surface area contributed by atoms with Crippen LogP contribution >= 0.6 is 0 Å². The van der Waals surface area contributed by atoms with E-state index < -0.39 is 46.2 Å². The number of aromatic nitrogens is 1. The second-order valence-electron chi connectivity index (χ2n) is 3.97. The first-order chi connectivity index (χ1) is 8.84. The molecule has 0 aliphatic carbocycles. The van der Waals surface area contributed by atoms with Gasteiger partial charge in [-0.1, -0.05) is 0 Å². The van der Waals surface area contributed by atoms with E-state index in [1.54, 1.807) is 0 Å². The van der Waals surface area contributed by atoms with Gasteiger partial charge in [-0.2, -0.15) is 0 Å². The van der Waals surface area contributed by atoms with Crippen molar-refractivity contribution < 1.29 is 27.5 Å². The van der Waals surface area contributed by atoms with Crippen LogP contribution in [0.5, 0.6) is 0 Å². The number of aromatic amines is 1. The van der Waals surface area contributed by atoms with Crippen LogP contribution in [-0.2, 0) is 11.2 Å². The van der Waals surface area contributed by atoms with Gasteiger partial charge in [0.2, 0.25) is 0 Å². The fraction of sp³-hybridized carbons (Fsp3) is 0.182. The Morgan fingerprint density at radius 2 is 1.79 bits per heavy atom. The van der Waals surface area contributed by atoms with Crippen molar-refractivity contribution >= 4 is 16.9 Å². The minimum absolute atomic E-state index is 0.0415. The maximum atomic E-state index is 13.6. The molecule has 0 aliphatic heterocycles. The van der Waals surface area contributed by atoms with Gasteiger partial charge in [-0.05, 0) is 5.56 Å². The molecule has 0 saturated carbocycles. The lowest BCUT2D eigenvalue weighted by atomic mass is 10.0. The van der Waals surface area contributed by atoms with E-state index in [-0.39, 0.29) is 12.0 Å². The number of aliphatic carboxylic acids is 1. The number of H-pyrrole nitrogens is 1. The number of benzene rings is 1. The highest BCUT2D eigenvalue weighted by atomic mass is 19.2. The fourth-order valence-corrected chi connectivity index (χ4v) is 1.79. The predicted molar refractivity (Wildman–Crippen MR) is 57.4 cm³/mol. The van der Waals surface area contributed by atoms with Gasteiger partial charge in [-0.15, -0.1) is 0 Å². The van der Waals surface area contributed by atoms with Crippen molar-refractivity contribution in [2.45, 2.75) is 12.5 Å². The first-order valence-corrected chi connectivity index (χ1v) is 5.14. The van der Waals surface area contributed by atoms with Crippen LogP contribution in [0.2, 0.25) is 0 Å². The number of hydrogen-bond acceptors (Lipinski definition) is 2.